The number of nitrogens with zero attached hydrogens (tertiary/aromatic N) is 1. The third-order valence-electron chi connectivity index (χ3n) is 4.35. The van der Waals surface area contributed by atoms with E-state index < -0.39 is 0 Å². The summed E-state index contributed by atoms with van der Waals surface area (Å²) in [5.41, 5.74) is 1.19. The molecule has 1 saturated heterocycles. The Morgan fingerprint density at radius 3 is 2.38 bits per heavy atom. The Kier molecular flexibility index (Phi) is 6.61. The van der Waals surface area contributed by atoms with E-state index >= 15 is 0 Å². The van der Waals surface area contributed by atoms with Crippen LogP contribution >= 0.6 is 0 Å². The van der Waals surface area contributed by atoms with Gasteiger partial charge in [0.05, 0.1) is 18.8 Å². The molecule has 1 fully saturated rings. The molecule has 24 heavy (non-hydrogen) atoms. The lowest BCUT2D eigenvalue weighted by atomic mass is 10.2. The Labute approximate surface area is 143 Å². The SMILES string of the molecule is COc1ccc(NC(C)=O)cc1NC(=O)C(C)N1CCCCCC1. The fourth-order valence-electron chi connectivity index (χ4n) is 2.97. The van der Waals surface area contributed by atoms with Crippen molar-refractivity contribution in [1.82, 2.24) is 4.90 Å². The predicted molar refractivity (Wildman–Crippen MR) is 95.4 cm³/mol. The van der Waals surface area contributed by atoms with E-state index in [0.29, 0.717) is 17.1 Å². The van der Waals surface area contributed by atoms with E-state index in [2.05, 4.69) is 15.5 Å². The molecule has 0 saturated carbocycles. The number of ether oxygens (including phenoxy) is 1. The molecule has 1 aliphatic heterocycles. The molecular weight excluding hydrogens is 306 g/mol. The zero-order valence-electron chi connectivity index (χ0n) is 14.7. The fraction of sp³-hybridized carbons (Fsp3) is 0.556. The van der Waals surface area contributed by atoms with Gasteiger partial charge in [-0.1, -0.05) is 12.8 Å². The normalized spacial score (nSPS) is 16.8. The average Bonchev–Trinajstić information content (AvgIpc) is 2.83. The summed E-state index contributed by atoms with van der Waals surface area (Å²) in [7, 11) is 1.56. The number of carbonyl (C=O) groups excluding carboxylic acids is 2. The van der Waals surface area contributed by atoms with E-state index in [0.717, 1.165) is 25.9 Å². The van der Waals surface area contributed by atoms with Gasteiger partial charge in [0, 0.05) is 12.6 Å². The van der Waals surface area contributed by atoms with Gasteiger partial charge in [-0.2, -0.15) is 0 Å². The van der Waals surface area contributed by atoms with Crippen molar-refractivity contribution in [2.45, 2.75) is 45.6 Å². The highest BCUT2D eigenvalue weighted by atomic mass is 16.5. The zero-order valence-corrected chi connectivity index (χ0v) is 14.7. The summed E-state index contributed by atoms with van der Waals surface area (Å²) in [6.07, 6.45) is 4.74. The molecule has 1 aromatic carbocycles. The number of nitrogens with one attached hydrogen (secondary N) is 2. The van der Waals surface area contributed by atoms with Gasteiger partial charge in [0.15, 0.2) is 0 Å². The summed E-state index contributed by atoms with van der Waals surface area (Å²) >= 11 is 0. The maximum atomic E-state index is 12.6. The van der Waals surface area contributed by atoms with Gasteiger partial charge in [0.2, 0.25) is 11.8 Å². The van der Waals surface area contributed by atoms with Crippen LogP contribution < -0.4 is 15.4 Å². The highest BCUT2D eigenvalue weighted by molar-refractivity contribution is 5.97. The highest BCUT2D eigenvalue weighted by Crippen LogP contribution is 2.28. The molecule has 1 aromatic rings. The third kappa shape index (κ3) is 4.96. The lowest BCUT2D eigenvalue weighted by molar-refractivity contribution is -0.120. The van der Waals surface area contributed by atoms with Crippen LogP contribution in [0.15, 0.2) is 18.2 Å². The molecule has 132 valence electrons. The van der Waals surface area contributed by atoms with Gasteiger partial charge in [-0.25, -0.2) is 0 Å². The Balaban J connectivity index is 2.09. The second-order valence-corrected chi connectivity index (χ2v) is 6.21. The molecule has 0 aromatic heterocycles. The number of hydrogen-bond donors (Lipinski definition) is 2. The van der Waals surface area contributed by atoms with E-state index in [-0.39, 0.29) is 17.9 Å². The van der Waals surface area contributed by atoms with Crippen LogP contribution in [0.5, 0.6) is 5.75 Å². The van der Waals surface area contributed by atoms with Crippen molar-refractivity contribution in [3.63, 3.8) is 0 Å². The molecule has 1 unspecified atom stereocenters. The molecule has 6 heteroatoms. The van der Waals surface area contributed by atoms with Crippen molar-refractivity contribution in [3.8, 4) is 5.75 Å². The van der Waals surface area contributed by atoms with Crippen molar-refractivity contribution >= 4 is 23.2 Å². The molecular formula is C18H27N3O3. The van der Waals surface area contributed by atoms with Gasteiger partial charge >= 0.3 is 0 Å². The summed E-state index contributed by atoms with van der Waals surface area (Å²) < 4.78 is 5.31. The first-order valence-electron chi connectivity index (χ1n) is 8.52. The Hall–Kier alpha value is -2.08. The molecule has 6 nitrogen and oxygen atoms in total. The molecule has 2 amide bonds. The molecule has 1 heterocycles. The topological polar surface area (TPSA) is 70.7 Å². The number of amides is 2. The standard InChI is InChI=1S/C18H27N3O3/c1-13(21-10-6-4-5-7-11-21)18(23)20-16-12-15(19-14(2)22)8-9-17(16)24-3/h8-9,12-13H,4-7,10-11H2,1-3H3,(H,19,22)(H,20,23). The van der Waals surface area contributed by atoms with Crippen molar-refractivity contribution < 1.29 is 14.3 Å². The fourth-order valence-corrected chi connectivity index (χ4v) is 2.97. The number of likely N-dealkylation sites (tertiary alicyclic amines) is 1. The van der Waals surface area contributed by atoms with Crippen LogP contribution in [0.2, 0.25) is 0 Å². The first-order valence-corrected chi connectivity index (χ1v) is 8.52. The highest BCUT2D eigenvalue weighted by Gasteiger charge is 2.23. The minimum Gasteiger partial charge on any atom is -0.495 e. The Bertz CT molecular complexity index is 581. The van der Waals surface area contributed by atoms with Crippen LogP contribution in [-0.4, -0.2) is 43.0 Å². The Morgan fingerprint density at radius 1 is 1.12 bits per heavy atom. The van der Waals surface area contributed by atoms with Gasteiger partial charge in [-0.05, 0) is 51.1 Å². The largest absolute Gasteiger partial charge is 0.495 e. The van der Waals surface area contributed by atoms with Gasteiger partial charge in [-0.3, -0.25) is 14.5 Å². The van der Waals surface area contributed by atoms with E-state index in [1.165, 1.54) is 19.8 Å². The molecule has 2 N–H and O–H groups in total. The summed E-state index contributed by atoms with van der Waals surface area (Å²) in [5, 5.41) is 5.65. The number of rotatable bonds is 5. The van der Waals surface area contributed by atoms with Crippen LogP contribution in [0.1, 0.15) is 39.5 Å². The van der Waals surface area contributed by atoms with Crippen LogP contribution in [-0.2, 0) is 9.59 Å². The van der Waals surface area contributed by atoms with Gasteiger partial charge < -0.3 is 15.4 Å². The smallest absolute Gasteiger partial charge is 0.241 e. The van der Waals surface area contributed by atoms with E-state index in [9.17, 15) is 9.59 Å². The van der Waals surface area contributed by atoms with E-state index in [4.69, 9.17) is 4.74 Å². The minimum atomic E-state index is -0.197. The maximum Gasteiger partial charge on any atom is 0.241 e. The minimum absolute atomic E-state index is 0.0600. The summed E-state index contributed by atoms with van der Waals surface area (Å²) in [6.45, 7) is 5.30. The van der Waals surface area contributed by atoms with Crippen molar-refractivity contribution in [3.05, 3.63) is 18.2 Å². The maximum absolute atomic E-state index is 12.6. The molecule has 2 rings (SSSR count). The van der Waals surface area contributed by atoms with Crippen molar-refractivity contribution in [2.75, 3.05) is 30.8 Å². The van der Waals surface area contributed by atoms with Gasteiger partial charge in [-0.15, -0.1) is 0 Å². The second-order valence-electron chi connectivity index (χ2n) is 6.21. The van der Waals surface area contributed by atoms with Crippen LogP contribution in [0.3, 0.4) is 0 Å². The zero-order chi connectivity index (χ0) is 17.5. The van der Waals surface area contributed by atoms with Gasteiger partial charge in [0.25, 0.3) is 0 Å². The first-order chi connectivity index (χ1) is 11.5. The molecule has 1 atom stereocenters. The first kappa shape index (κ1) is 18.3. The lowest BCUT2D eigenvalue weighted by Crippen LogP contribution is -2.42. The van der Waals surface area contributed by atoms with Crippen LogP contribution in [0.25, 0.3) is 0 Å². The summed E-state index contributed by atoms with van der Waals surface area (Å²) in [4.78, 5) is 26.1. The Morgan fingerprint density at radius 2 is 1.79 bits per heavy atom. The van der Waals surface area contributed by atoms with E-state index in [1.807, 2.05) is 6.92 Å². The summed E-state index contributed by atoms with van der Waals surface area (Å²) in [5.74, 6) is 0.353. The number of methoxy groups -OCH3 is 1. The molecule has 0 radical (unpaired) electrons. The molecule has 0 spiro atoms. The number of hydrogen-bond acceptors (Lipinski definition) is 4. The van der Waals surface area contributed by atoms with Crippen molar-refractivity contribution in [1.29, 1.82) is 0 Å². The number of benzene rings is 1. The average molecular weight is 333 g/mol. The quantitative estimate of drug-likeness (QED) is 0.869. The van der Waals surface area contributed by atoms with E-state index in [1.54, 1.807) is 25.3 Å². The third-order valence-corrected chi connectivity index (χ3v) is 4.35. The second kappa shape index (κ2) is 8.68. The molecule has 0 bridgehead atoms. The molecule has 0 aliphatic carbocycles. The summed E-state index contributed by atoms with van der Waals surface area (Å²) in [6, 6.07) is 5.00. The lowest BCUT2D eigenvalue weighted by Gasteiger charge is -2.26. The van der Waals surface area contributed by atoms with Gasteiger partial charge in [0.1, 0.15) is 5.75 Å². The van der Waals surface area contributed by atoms with Crippen LogP contribution in [0.4, 0.5) is 11.4 Å². The van der Waals surface area contributed by atoms with Crippen molar-refractivity contribution in [2.24, 2.45) is 0 Å². The number of anilines is 2. The molecule has 1 aliphatic rings. The monoisotopic (exact) mass is 333 g/mol. The predicted octanol–water partition coefficient (Wildman–Crippen LogP) is 2.86. The van der Waals surface area contributed by atoms with Crippen LogP contribution in [0, 0.1) is 0 Å². The number of carbonyl (C=O) groups is 2.